The van der Waals surface area contributed by atoms with Gasteiger partial charge in [-0.15, -0.1) is 0 Å². The molecule has 11 heteroatoms. The maximum atomic E-state index is 13.9. The Hall–Kier alpha value is -4.32. The van der Waals surface area contributed by atoms with Crippen molar-refractivity contribution in [2.75, 3.05) is 28.3 Å². The van der Waals surface area contributed by atoms with Gasteiger partial charge in [-0.1, -0.05) is 36.4 Å². The van der Waals surface area contributed by atoms with E-state index in [1.165, 1.54) is 15.9 Å². The number of carbonyl (C=O) groups is 3. The minimum absolute atomic E-state index is 0.0515. The Morgan fingerprint density at radius 3 is 1.96 bits per heavy atom. The first kappa shape index (κ1) is 33.1. The van der Waals surface area contributed by atoms with Crippen molar-refractivity contribution in [1.29, 1.82) is 0 Å². The van der Waals surface area contributed by atoms with E-state index in [9.17, 15) is 14.4 Å². The van der Waals surface area contributed by atoms with Gasteiger partial charge in [-0.25, -0.2) is 0 Å². The highest BCUT2D eigenvalue weighted by atomic mass is 79.9. The van der Waals surface area contributed by atoms with Crippen LogP contribution in [0.5, 0.6) is 11.5 Å². The van der Waals surface area contributed by atoms with Crippen LogP contribution in [0.3, 0.4) is 0 Å². The van der Waals surface area contributed by atoms with E-state index in [2.05, 4.69) is 37.2 Å². The second-order valence-electron chi connectivity index (χ2n) is 10.3. The molecule has 3 amide bonds. The van der Waals surface area contributed by atoms with Crippen LogP contribution in [-0.2, 0) is 14.4 Å². The molecule has 0 spiro atoms. The molecule has 8 nitrogen and oxygen atoms in total. The molecule has 1 aliphatic rings. The quantitative estimate of drug-likeness (QED) is 0.106. The van der Waals surface area contributed by atoms with Crippen molar-refractivity contribution in [2.45, 2.75) is 20.8 Å². The maximum Gasteiger partial charge on any atom is 0.270 e. The molecule has 234 valence electrons. The van der Waals surface area contributed by atoms with Crippen LogP contribution >= 0.6 is 44.1 Å². The number of thiocarbonyl (C=S) groups is 1. The Kier molecular flexibility index (Phi) is 10.4. The predicted octanol–water partition coefficient (Wildman–Crippen LogP) is 7.99. The Morgan fingerprint density at radius 2 is 1.39 bits per heavy atom. The molecule has 1 heterocycles. The van der Waals surface area contributed by atoms with Crippen LogP contribution in [-0.4, -0.2) is 36.0 Å². The highest BCUT2D eigenvalue weighted by Gasteiger charge is 2.41. The number of aryl methyl sites for hydroxylation is 2. The molecule has 5 rings (SSSR count). The molecular formula is C35H29Br2N3O5S. The number of anilines is 3. The number of hydrogen-bond donors (Lipinski definition) is 1. The lowest BCUT2D eigenvalue weighted by Gasteiger charge is -2.36. The van der Waals surface area contributed by atoms with Crippen molar-refractivity contribution < 1.29 is 23.9 Å². The zero-order chi connectivity index (χ0) is 33.0. The number of rotatable bonds is 9. The maximum absolute atomic E-state index is 13.9. The van der Waals surface area contributed by atoms with Gasteiger partial charge in [-0.05, 0) is 136 Å². The van der Waals surface area contributed by atoms with Gasteiger partial charge < -0.3 is 14.8 Å². The summed E-state index contributed by atoms with van der Waals surface area (Å²) in [6.45, 7) is 5.80. The van der Waals surface area contributed by atoms with Crippen molar-refractivity contribution in [1.82, 2.24) is 0 Å². The van der Waals surface area contributed by atoms with E-state index in [1.807, 2.05) is 45.0 Å². The lowest BCUT2D eigenvalue weighted by atomic mass is 10.0. The molecule has 0 aliphatic carbocycles. The summed E-state index contributed by atoms with van der Waals surface area (Å²) in [6, 6.07) is 25.0. The largest absolute Gasteiger partial charge is 0.490 e. The first-order chi connectivity index (χ1) is 22.1. The summed E-state index contributed by atoms with van der Waals surface area (Å²) in [5.74, 6) is -0.845. The molecule has 0 aromatic heterocycles. The van der Waals surface area contributed by atoms with Gasteiger partial charge >= 0.3 is 0 Å². The van der Waals surface area contributed by atoms with Gasteiger partial charge in [0, 0.05) is 4.47 Å². The number of hydrogen-bond acceptors (Lipinski definition) is 6. The molecule has 1 saturated heterocycles. The Balaban J connectivity index is 1.46. The highest BCUT2D eigenvalue weighted by Crippen LogP contribution is 2.38. The topological polar surface area (TPSA) is 88.2 Å². The van der Waals surface area contributed by atoms with Crippen LogP contribution in [0.25, 0.3) is 6.08 Å². The van der Waals surface area contributed by atoms with Crippen LogP contribution in [0, 0.1) is 13.8 Å². The van der Waals surface area contributed by atoms with Gasteiger partial charge in [-0.3, -0.25) is 24.2 Å². The third-order valence-corrected chi connectivity index (χ3v) is 8.74. The Morgan fingerprint density at radius 1 is 0.826 bits per heavy atom. The summed E-state index contributed by atoms with van der Waals surface area (Å²) in [5.41, 5.74) is 4.24. The molecule has 0 unspecified atom stereocenters. The molecule has 4 aromatic rings. The van der Waals surface area contributed by atoms with Gasteiger partial charge in [0.2, 0.25) is 0 Å². The average molecular weight is 764 g/mol. The van der Waals surface area contributed by atoms with E-state index in [4.69, 9.17) is 21.7 Å². The zero-order valence-electron chi connectivity index (χ0n) is 25.2. The first-order valence-electron chi connectivity index (χ1n) is 14.3. The van der Waals surface area contributed by atoms with Gasteiger partial charge in [-0.2, -0.15) is 0 Å². The molecule has 1 N–H and O–H groups in total. The second-order valence-corrected chi connectivity index (χ2v) is 12.4. The van der Waals surface area contributed by atoms with Gasteiger partial charge in [0.25, 0.3) is 17.7 Å². The van der Waals surface area contributed by atoms with Crippen LogP contribution < -0.4 is 24.6 Å². The molecule has 1 fully saturated rings. The lowest BCUT2D eigenvalue weighted by Crippen LogP contribution is -2.56. The number of para-hydroxylation sites is 2. The Bertz CT molecular complexity index is 1800. The lowest BCUT2D eigenvalue weighted by molar-refractivity contribution is -0.121. The minimum atomic E-state index is -0.558. The van der Waals surface area contributed by atoms with Gasteiger partial charge in [0.05, 0.1) is 28.1 Å². The van der Waals surface area contributed by atoms with Crippen LogP contribution in [0.4, 0.5) is 17.1 Å². The first-order valence-corrected chi connectivity index (χ1v) is 16.3. The molecule has 0 bridgehead atoms. The molecule has 1 aliphatic heterocycles. The number of amides is 3. The van der Waals surface area contributed by atoms with E-state index in [0.29, 0.717) is 45.2 Å². The number of ether oxygens (including phenoxy) is 2. The van der Waals surface area contributed by atoms with E-state index >= 15 is 0 Å². The van der Waals surface area contributed by atoms with E-state index in [1.54, 1.807) is 60.7 Å². The fourth-order valence-electron chi connectivity index (χ4n) is 4.78. The van der Waals surface area contributed by atoms with Crippen LogP contribution in [0.2, 0.25) is 0 Å². The van der Waals surface area contributed by atoms with Crippen molar-refractivity contribution in [2.24, 2.45) is 0 Å². The third-order valence-electron chi connectivity index (χ3n) is 7.13. The summed E-state index contributed by atoms with van der Waals surface area (Å²) < 4.78 is 13.0. The standard InChI is InChI=1S/C35H29Br2N3O5S/c1-4-44-30-19-23(18-28(37)32(30)45-20-31(41)38-29-16-22(3)21(2)15-27(29)36)17-26-33(42)39(24-11-7-5-8-12-24)35(46)40(34(26)43)25-13-9-6-10-14-25/h5-19H,4,20H2,1-3H3,(H,38,41). The second kappa shape index (κ2) is 14.4. The SMILES string of the molecule is CCOc1cc(C=C2C(=O)N(c3ccccc3)C(=S)N(c3ccccc3)C2=O)cc(Br)c1OCC(=O)Nc1cc(C)c(C)cc1Br. The van der Waals surface area contributed by atoms with E-state index in [0.717, 1.165) is 15.6 Å². The van der Waals surface area contributed by atoms with Crippen molar-refractivity contribution >= 4 is 90.0 Å². The molecule has 4 aromatic carbocycles. The molecule has 46 heavy (non-hydrogen) atoms. The fraction of sp³-hybridized carbons (Fsp3) is 0.143. The summed E-state index contributed by atoms with van der Waals surface area (Å²) >= 11 is 12.7. The number of halogens is 2. The molecular weight excluding hydrogens is 734 g/mol. The third kappa shape index (κ3) is 7.06. The van der Waals surface area contributed by atoms with Crippen molar-refractivity contribution in [3.05, 3.63) is 116 Å². The van der Waals surface area contributed by atoms with Crippen LogP contribution in [0.1, 0.15) is 23.6 Å². The number of benzene rings is 4. The predicted molar refractivity (Wildman–Crippen MR) is 191 cm³/mol. The number of nitrogens with zero attached hydrogens (tertiary/aromatic N) is 2. The minimum Gasteiger partial charge on any atom is -0.490 e. The summed E-state index contributed by atoms with van der Waals surface area (Å²) in [7, 11) is 0. The Labute approximate surface area is 289 Å². The van der Waals surface area contributed by atoms with Crippen LogP contribution in [0.15, 0.2) is 99.4 Å². The normalized spacial score (nSPS) is 13.2. The molecule has 0 radical (unpaired) electrons. The fourth-order valence-corrected chi connectivity index (χ4v) is 6.29. The smallest absolute Gasteiger partial charge is 0.270 e. The summed E-state index contributed by atoms with van der Waals surface area (Å²) in [5, 5.41) is 2.91. The summed E-state index contributed by atoms with van der Waals surface area (Å²) in [4.78, 5) is 43.3. The van der Waals surface area contributed by atoms with E-state index in [-0.39, 0.29) is 23.2 Å². The number of nitrogens with one attached hydrogen (secondary N) is 1. The van der Waals surface area contributed by atoms with Crippen molar-refractivity contribution in [3.8, 4) is 11.5 Å². The summed E-state index contributed by atoms with van der Waals surface area (Å²) in [6.07, 6.45) is 1.50. The van der Waals surface area contributed by atoms with Gasteiger partial charge in [0.1, 0.15) is 5.57 Å². The van der Waals surface area contributed by atoms with Crippen molar-refractivity contribution in [3.63, 3.8) is 0 Å². The molecule has 0 saturated carbocycles. The average Bonchev–Trinajstić information content (AvgIpc) is 3.03. The highest BCUT2D eigenvalue weighted by molar-refractivity contribution is 9.11. The monoisotopic (exact) mass is 761 g/mol. The van der Waals surface area contributed by atoms with E-state index < -0.39 is 11.8 Å². The van der Waals surface area contributed by atoms with Gasteiger partial charge in [0.15, 0.2) is 23.2 Å². The zero-order valence-corrected chi connectivity index (χ0v) is 29.2. The molecule has 0 atom stereocenters. The number of carbonyl (C=O) groups excluding carboxylic acids is 3.